The number of alkyl halides is 1. The number of rotatable bonds is 6. The average Bonchev–Trinajstić information content (AvgIpc) is 2.37. The van der Waals surface area contributed by atoms with E-state index in [1.165, 1.54) is 0 Å². The van der Waals surface area contributed by atoms with E-state index in [-0.39, 0.29) is 11.7 Å². The smallest absolute Gasteiger partial charge is 0.178 e. The Bertz CT molecular complexity index is 482. The minimum atomic E-state index is -3.15. The summed E-state index contributed by atoms with van der Waals surface area (Å²) in [5.74, 6) is 0.411. The van der Waals surface area contributed by atoms with Gasteiger partial charge in [-0.25, -0.2) is 8.42 Å². The van der Waals surface area contributed by atoms with Gasteiger partial charge in [-0.15, -0.1) is 0 Å². The molecule has 0 aliphatic carbocycles. The Hall–Kier alpha value is -0.350. The molecule has 0 bridgehead atoms. The monoisotopic (exact) mass is 332 g/mol. The second-order valence-electron chi connectivity index (χ2n) is 4.57. The maximum atomic E-state index is 12.3. The van der Waals surface area contributed by atoms with Crippen molar-refractivity contribution in [2.75, 3.05) is 5.75 Å². The predicted molar refractivity (Wildman–Crippen MR) is 80.2 cm³/mol. The molecule has 0 aliphatic rings. The van der Waals surface area contributed by atoms with E-state index in [1.54, 1.807) is 12.1 Å². The van der Waals surface area contributed by atoms with Gasteiger partial charge in [0.1, 0.15) is 0 Å². The van der Waals surface area contributed by atoms with Crippen LogP contribution >= 0.6 is 15.9 Å². The molecule has 0 radical (unpaired) electrons. The van der Waals surface area contributed by atoms with Crippen molar-refractivity contribution in [2.45, 2.75) is 49.3 Å². The number of halogens is 1. The first-order valence-corrected chi connectivity index (χ1v) is 8.96. The molecule has 0 spiro atoms. The summed E-state index contributed by atoms with van der Waals surface area (Å²) in [6.45, 7) is 6.06. The molecular formula is C14H21BrO2S. The lowest BCUT2D eigenvalue weighted by Gasteiger charge is -2.20. The predicted octanol–water partition coefficient (Wildman–Crippen LogP) is 4.15. The quantitative estimate of drug-likeness (QED) is 0.733. The highest BCUT2D eigenvalue weighted by Gasteiger charge is 2.23. The fourth-order valence-corrected chi connectivity index (χ4v) is 4.01. The van der Waals surface area contributed by atoms with Gasteiger partial charge in [0.25, 0.3) is 0 Å². The van der Waals surface area contributed by atoms with Crippen LogP contribution in [0.1, 0.15) is 45.1 Å². The summed E-state index contributed by atoms with van der Waals surface area (Å²) >= 11 is 3.62. The molecule has 0 aromatic heterocycles. The fraction of sp³-hybridized carbons (Fsp3) is 0.571. The van der Waals surface area contributed by atoms with Crippen LogP contribution < -0.4 is 0 Å². The summed E-state index contributed by atoms with van der Waals surface area (Å²) in [7, 11) is -3.15. The summed E-state index contributed by atoms with van der Waals surface area (Å²) in [5.41, 5.74) is 0.926. The van der Waals surface area contributed by atoms with E-state index in [0.717, 1.165) is 12.0 Å². The van der Waals surface area contributed by atoms with Crippen LogP contribution in [0, 0.1) is 0 Å². The Labute approximate surface area is 119 Å². The van der Waals surface area contributed by atoms with Gasteiger partial charge >= 0.3 is 0 Å². The number of sulfone groups is 1. The number of hydrogen-bond acceptors (Lipinski definition) is 2. The standard InChI is InChI=1S/C14H21BrO2S/c1-4-10-18(16,17)14-9-7-6-8-12(14)11(3)13(15)5-2/h6-9,11,13H,4-5,10H2,1-3H3. The topological polar surface area (TPSA) is 34.1 Å². The van der Waals surface area contributed by atoms with Gasteiger partial charge in [-0.2, -0.15) is 0 Å². The summed E-state index contributed by atoms with van der Waals surface area (Å²) in [6.07, 6.45) is 1.62. The zero-order chi connectivity index (χ0) is 13.8. The molecule has 2 atom stereocenters. The molecule has 0 amide bonds. The maximum Gasteiger partial charge on any atom is 0.178 e. The van der Waals surface area contributed by atoms with Gasteiger partial charge in [0.15, 0.2) is 9.84 Å². The number of hydrogen-bond donors (Lipinski definition) is 0. The molecule has 4 heteroatoms. The molecule has 0 heterocycles. The van der Waals surface area contributed by atoms with Crippen molar-refractivity contribution in [3.05, 3.63) is 29.8 Å². The van der Waals surface area contributed by atoms with E-state index in [9.17, 15) is 8.42 Å². The molecular weight excluding hydrogens is 312 g/mol. The maximum absolute atomic E-state index is 12.3. The SMILES string of the molecule is CCCS(=O)(=O)c1ccccc1C(C)C(Br)CC. The van der Waals surface area contributed by atoms with Crippen molar-refractivity contribution in [1.82, 2.24) is 0 Å². The first-order valence-electron chi connectivity index (χ1n) is 6.39. The summed E-state index contributed by atoms with van der Waals surface area (Å²) in [4.78, 5) is 0.799. The Morgan fingerprint density at radius 2 is 1.83 bits per heavy atom. The van der Waals surface area contributed by atoms with Gasteiger partial charge in [0.2, 0.25) is 0 Å². The summed E-state index contributed by atoms with van der Waals surface area (Å²) in [6, 6.07) is 7.36. The van der Waals surface area contributed by atoms with Gasteiger partial charge in [-0.3, -0.25) is 0 Å². The fourth-order valence-electron chi connectivity index (χ4n) is 2.07. The van der Waals surface area contributed by atoms with Crippen LogP contribution in [0.2, 0.25) is 0 Å². The largest absolute Gasteiger partial charge is 0.224 e. The highest BCUT2D eigenvalue weighted by atomic mass is 79.9. The zero-order valence-electron chi connectivity index (χ0n) is 11.2. The van der Waals surface area contributed by atoms with Crippen LogP contribution in [0.25, 0.3) is 0 Å². The molecule has 0 N–H and O–H groups in total. The molecule has 1 aromatic carbocycles. The first kappa shape index (κ1) is 15.7. The third-order valence-electron chi connectivity index (χ3n) is 3.15. The molecule has 2 unspecified atom stereocenters. The van der Waals surface area contributed by atoms with Gasteiger partial charge in [0.05, 0.1) is 10.6 Å². The minimum absolute atomic E-state index is 0.192. The summed E-state index contributed by atoms with van der Waals surface area (Å²) in [5, 5.41) is 0. The third-order valence-corrected chi connectivity index (χ3v) is 6.58. The van der Waals surface area contributed by atoms with E-state index in [0.29, 0.717) is 16.1 Å². The highest BCUT2D eigenvalue weighted by molar-refractivity contribution is 9.09. The van der Waals surface area contributed by atoms with Crippen LogP contribution in [0.5, 0.6) is 0 Å². The van der Waals surface area contributed by atoms with E-state index < -0.39 is 9.84 Å². The highest BCUT2D eigenvalue weighted by Crippen LogP contribution is 2.31. The molecule has 1 rings (SSSR count). The molecule has 0 fully saturated rings. The Kier molecular flexibility index (Phi) is 5.86. The average molecular weight is 333 g/mol. The Balaban J connectivity index is 3.23. The normalized spacial score (nSPS) is 15.3. The lowest BCUT2D eigenvalue weighted by atomic mass is 9.96. The first-order chi connectivity index (χ1) is 8.44. The second kappa shape index (κ2) is 6.71. The van der Waals surface area contributed by atoms with E-state index in [1.807, 2.05) is 19.1 Å². The molecule has 102 valence electrons. The Morgan fingerprint density at radius 3 is 2.39 bits per heavy atom. The van der Waals surface area contributed by atoms with Crippen LogP contribution in [-0.2, 0) is 9.84 Å². The van der Waals surface area contributed by atoms with Crippen molar-refractivity contribution in [2.24, 2.45) is 0 Å². The Morgan fingerprint density at radius 1 is 1.22 bits per heavy atom. The van der Waals surface area contributed by atoms with Crippen LogP contribution in [-0.4, -0.2) is 19.0 Å². The van der Waals surface area contributed by atoms with Gasteiger partial charge in [-0.05, 0) is 30.4 Å². The molecule has 18 heavy (non-hydrogen) atoms. The molecule has 1 aromatic rings. The van der Waals surface area contributed by atoms with Gasteiger partial charge in [0, 0.05) is 4.83 Å². The van der Waals surface area contributed by atoms with Crippen molar-refractivity contribution >= 4 is 25.8 Å². The zero-order valence-corrected chi connectivity index (χ0v) is 13.6. The van der Waals surface area contributed by atoms with Crippen LogP contribution in [0.4, 0.5) is 0 Å². The lowest BCUT2D eigenvalue weighted by Crippen LogP contribution is -2.14. The van der Waals surface area contributed by atoms with Crippen molar-refractivity contribution in [3.8, 4) is 0 Å². The molecule has 0 saturated heterocycles. The summed E-state index contributed by atoms with van der Waals surface area (Å²) < 4.78 is 24.5. The third kappa shape index (κ3) is 3.58. The van der Waals surface area contributed by atoms with Crippen LogP contribution in [0.3, 0.4) is 0 Å². The van der Waals surface area contributed by atoms with E-state index >= 15 is 0 Å². The molecule has 0 aliphatic heterocycles. The van der Waals surface area contributed by atoms with Crippen molar-refractivity contribution in [3.63, 3.8) is 0 Å². The van der Waals surface area contributed by atoms with Gasteiger partial charge < -0.3 is 0 Å². The number of benzene rings is 1. The molecule has 2 nitrogen and oxygen atoms in total. The molecule has 0 saturated carbocycles. The minimum Gasteiger partial charge on any atom is -0.224 e. The van der Waals surface area contributed by atoms with Gasteiger partial charge in [-0.1, -0.05) is 54.9 Å². The van der Waals surface area contributed by atoms with Crippen molar-refractivity contribution < 1.29 is 8.42 Å². The lowest BCUT2D eigenvalue weighted by molar-refractivity contribution is 0.590. The van der Waals surface area contributed by atoms with Crippen LogP contribution in [0.15, 0.2) is 29.2 Å². The van der Waals surface area contributed by atoms with Crippen molar-refractivity contribution in [1.29, 1.82) is 0 Å². The van der Waals surface area contributed by atoms with E-state index in [4.69, 9.17) is 0 Å². The second-order valence-corrected chi connectivity index (χ2v) is 7.82. The van der Waals surface area contributed by atoms with E-state index in [2.05, 4.69) is 29.8 Å².